The number of carbonyl (C=O) groups excluding carboxylic acids is 2. The van der Waals surface area contributed by atoms with Crippen LogP contribution in [-0.2, 0) is 9.53 Å². The number of halogens is 1. The Bertz CT molecular complexity index is 1230. The van der Waals surface area contributed by atoms with Gasteiger partial charge < -0.3 is 23.9 Å². The molecule has 0 radical (unpaired) electrons. The van der Waals surface area contributed by atoms with Gasteiger partial charge in [0.2, 0.25) is 5.78 Å². The second-order valence-electron chi connectivity index (χ2n) is 7.96. The second-order valence-corrected chi connectivity index (χ2v) is 8.40. The summed E-state index contributed by atoms with van der Waals surface area (Å²) in [6.07, 6.45) is -0.0158. The number of benzene rings is 2. The lowest BCUT2D eigenvalue weighted by Crippen LogP contribution is -2.34. The summed E-state index contributed by atoms with van der Waals surface area (Å²) in [5.74, 6) is -1.46. The van der Waals surface area contributed by atoms with E-state index >= 15 is 0 Å². The third kappa shape index (κ3) is 4.34. The summed E-state index contributed by atoms with van der Waals surface area (Å²) in [5, 5.41) is 11.8. The van der Waals surface area contributed by atoms with E-state index in [1.165, 1.54) is 18.1 Å². The summed E-state index contributed by atoms with van der Waals surface area (Å²) < 4.78 is 16.7. The van der Waals surface area contributed by atoms with E-state index in [1.807, 2.05) is 44.2 Å². The number of fused-ring (bicyclic) bond motifs is 1. The van der Waals surface area contributed by atoms with Crippen molar-refractivity contribution in [3.8, 4) is 5.75 Å². The van der Waals surface area contributed by atoms with Crippen molar-refractivity contribution in [1.82, 2.24) is 4.90 Å². The first-order chi connectivity index (χ1) is 15.8. The van der Waals surface area contributed by atoms with Crippen molar-refractivity contribution in [1.29, 1.82) is 0 Å². The van der Waals surface area contributed by atoms with Gasteiger partial charge in [0, 0.05) is 23.0 Å². The first-order valence-corrected chi connectivity index (χ1v) is 10.9. The highest BCUT2D eigenvalue weighted by atomic mass is 35.5. The molecule has 1 aliphatic rings. The lowest BCUT2D eigenvalue weighted by atomic mass is 9.95. The van der Waals surface area contributed by atoms with Crippen molar-refractivity contribution in [3.05, 3.63) is 76.2 Å². The molecule has 2 heterocycles. The average Bonchev–Trinajstić information content (AvgIpc) is 3.33. The summed E-state index contributed by atoms with van der Waals surface area (Å²) in [7, 11) is 1.47. The molecule has 7 nitrogen and oxygen atoms in total. The molecule has 1 amide bonds. The Morgan fingerprint density at radius 3 is 2.61 bits per heavy atom. The minimum atomic E-state index is -0.777. The molecule has 0 fully saturated rings. The molecule has 172 valence electrons. The summed E-state index contributed by atoms with van der Waals surface area (Å²) in [4.78, 5) is 28.0. The molecule has 1 aromatic heterocycles. The first-order valence-electron chi connectivity index (χ1n) is 10.5. The van der Waals surface area contributed by atoms with Gasteiger partial charge in [-0.25, -0.2) is 0 Å². The van der Waals surface area contributed by atoms with Gasteiger partial charge in [-0.05, 0) is 31.5 Å². The molecule has 33 heavy (non-hydrogen) atoms. The normalized spacial score (nSPS) is 16.3. The number of furan rings is 1. The molecule has 1 atom stereocenters. The number of Topliss-reactive ketones (excluding diaryl/α,β-unsaturated/α-hetero) is 1. The Hall–Kier alpha value is -3.29. The van der Waals surface area contributed by atoms with Crippen molar-refractivity contribution in [3.63, 3.8) is 0 Å². The Balaban J connectivity index is 1.76. The minimum absolute atomic E-state index is 0.0158. The second kappa shape index (κ2) is 9.29. The Morgan fingerprint density at radius 1 is 1.21 bits per heavy atom. The van der Waals surface area contributed by atoms with Crippen LogP contribution < -0.4 is 4.74 Å². The highest BCUT2D eigenvalue weighted by molar-refractivity contribution is 6.31. The van der Waals surface area contributed by atoms with E-state index in [1.54, 1.807) is 12.1 Å². The van der Waals surface area contributed by atoms with Crippen LogP contribution in [0.15, 0.2) is 64.3 Å². The fraction of sp³-hybridized carbons (Fsp3) is 0.280. The molecule has 0 saturated carbocycles. The number of ketones is 1. The van der Waals surface area contributed by atoms with Gasteiger partial charge in [-0.1, -0.05) is 41.9 Å². The maximum Gasteiger partial charge on any atom is 0.290 e. The summed E-state index contributed by atoms with van der Waals surface area (Å²) in [6, 6.07) is 13.1. The minimum Gasteiger partial charge on any atom is -0.503 e. The largest absolute Gasteiger partial charge is 0.503 e. The molecule has 8 heteroatoms. The average molecular weight is 470 g/mol. The van der Waals surface area contributed by atoms with Crippen LogP contribution in [0.1, 0.15) is 36.0 Å². The number of aliphatic hydroxyl groups is 1. The van der Waals surface area contributed by atoms with Crippen LogP contribution in [0.4, 0.5) is 0 Å². The molecular weight excluding hydrogens is 446 g/mol. The van der Waals surface area contributed by atoms with Crippen LogP contribution >= 0.6 is 11.6 Å². The zero-order valence-corrected chi connectivity index (χ0v) is 19.3. The zero-order valence-electron chi connectivity index (χ0n) is 18.5. The van der Waals surface area contributed by atoms with Crippen molar-refractivity contribution in [2.75, 3.05) is 20.3 Å². The smallest absolute Gasteiger partial charge is 0.290 e. The van der Waals surface area contributed by atoms with E-state index in [-0.39, 0.29) is 30.6 Å². The number of carbonyl (C=O) groups is 2. The number of ether oxygens (including phenoxy) is 2. The van der Waals surface area contributed by atoms with Gasteiger partial charge in [-0.3, -0.25) is 9.59 Å². The van der Waals surface area contributed by atoms with Crippen LogP contribution in [0.5, 0.6) is 5.75 Å². The summed E-state index contributed by atoms with van der Waals surface area (Å²) in [6.45, 7) is 4.27. The molecule has 0 aliphatic carbocycles. The number of hydrogen-bond acceptors (Lipinski definition) is 6. The predicted molar refractivity (Wildman–Crippen MR) is 124 cm³/mol. The number of nitrogens with zero attached hydrogens (tertiary/aromatic N) is 1. The zero-order chi connectivity index (χ0) is 23.7. The van der Waals surface area contributed by atoms with Crippen LogP contribution in [-0.4, -0.2) is 48.1 Å². The van der Waals surface area contributed by atoms with E-state index in [2.05, 4.69) is 0 Å². The fourth-order valence-corrected chi connectivity index (χ4v) is 4.18. The van der Waals surface area contributed by atoms with Gasteiger partial charge in [0.1, 0.15) is 0 Å². The third-order valence-corrected chi connectivity index (χ3v) is 5.66. The molecule has 1 N–H and O–H groups in total. The molecule has 3 aromatic rings. The van der Waals surface area contributed by atoms with Gasteiger partial charge in [-0.2, -0.15) is 0 Å². The standard InChI is InChI=1S/C25H24ClNO6/c1-14(2)32-10-9-27-21(15-7-5-4-6-8-15)20(23(29)25(27)30)22(28)18-12-16-11-17(26)13-19(31-3)24(16)33-18/h4-8,11-14,21,29H,9-10H2,1-3H3. The number of rotatable bonds is 8. The Morgan fingerprint density at radius 2 is 1.94 bits per heavy atom. The van der Waals surface area contributed by atoms with E-state index in [0.29, 0.717) is 27.3 Å². The SMILES string of the molecule is COc1cc(Cl)cc2cc(C(=O)C3=C(O)C(=O)N(CCOC(C)C)C3c3ccccc3)oc12. The fourth-order valence-electron chi connectivity index (χ4n) is 3.97. The highest BCUT2D eigenvalue weighted by Gasteiger charge is 2.44. The summed E-state index contributed by atoms with van der Waals surface area (Å²) in [5.41, 5.74) is 1.01. The van der Waals surface area contributed by atoms with Crippen molar-refractivity contribution in [2.24, 2.45) is 0 Å². The molecule has 0 spiro atoms. The van der Waals surface area contributed by atoms with Gasteiger partial charge in [0.05, 0.1) is 31.4 Å². The summed E-state index contributed by atoms with van der Waals surface area (Å²) >= 11 is 6.13. The van der Waals surface area contributed by atoms with Crippen molar-refractivity contribution < 1.29 is 28.6 Å². The quantitative estimate of drug-likeness (QED) is 0.462. The molecule has 1 unspecified atom stereocenters. The van der Waals surface area contributed by atoms with Crippen molar-refractivity contribution >= 4 is 34.3 Å². The highest BCUT2D eigenvalue weighted by Crippen LogP contribution is 2.40. The van der Waals surface area contributed by atoms with E-state index in [0.717, 1.165) is 0 Å². The third-order valence-electron chi connectivity index (χ3n) is 5.44. The van der Waals surface area contributed by atoms with Crippen molar-refractivity contribution in [2.45, 2.75) is 26.0 Å². The van der Waals surface area contributed by atoms with Crippen LogP contribution in [0, 0.1) is 0 Å². The van der Waals surface area contributed by atoms with Crippen LogP contribution in [0.3, 0.4) is 0 Å². The van der Waals surface area contributed by atoms with Crippen LogP contribution in [0.2, 0.25) is 5.02 Å². The molecule has 1 aliphatic heterocycles. The Labute approximate surface area is 196 Å². The maximum atomic E-state index is 13.6. The monoisotopic (exact) mass is 469 g/mol. The molecule has 4 rings (SSSR count). The number of aliphatic hydroxyl groups excluding tert-OH is 1. The number of amides is 1. The molecule has 0 bridgehead atoms. The molecular formula is C25H24ClNO6. The van der Waals surface area contributed by atoms with E-state index in [9.17, 15) is 14.7 Å². The van der Waals surface area contributed by atoms with E-state index in [4.69, 9.17) is 25.5 Å². The topological polar surface area (TPSA) is 89.2 Å². The number of hydrogen-bond donors (Lipinski definition) is 1. The van der Waals surface area contributed by atoms with Gasteiger partial charge in [-0.15, -0.1) is 0 Å². The van der Waals surface area contributed by atoms with E-state index < -0.39 is 23.5 Å². The van der Waals surface area contributed by atoms with Crippen LogP contribution in [0.25, 0.3) is 11.0 Å². The predicted octanol–water partition coefficient (Wildman–Crippen LogP) is 5.10. The first kappa shape index (κ1) is 22.9. The number of methoxy groups -OCH3 is 1. The lowest BCUT2D eigenvalue weighted by molar-refractivity contribution is -0.130. The maximum absolute atomic E-state index is 13.6. The van der Waals surface area contributed by atoms with Gasteiger partial charge in [0.15, 0.2) is 22.9 Å². The lowest BCUT2D eigenvalue weighted by Gasteiger charge is -2.27. The Kier molecular flexibility index (Phi) is 6.44. The van der Waals surface area contributed by atoms with Gasteiger partial charge in [0.25, 0.3) is 5.91 Å². The van der Waals surface area contributed by atoms with Gasteiger partial charge >= 0.3 is 0 Å². The molecule has 2 aromatic carbocycles. The molecule has 0 saturated heterocycles.